The van der Waals surface area contributed by atoms with Crippen LogP contribution in [0.15, 0.2) is 18.2 Å². The molecule has 98 valence electrons. The lowest BCUT2D eigenvalue weighted by atomic mass is 10.00. The number of benzene rings is 1. The van der Waals surface area contributed by atoms with Gasteiger partial charge in [-0.3, -0.25) is 4.79 Å². The van der Waals surface area contributed by atoms with E-state index in [4.69, 9.17) is 16.3 Å². The maximum atomic E-state index is 11.9. The monoisotopic (exact) mass is 332 g/mol. The number of alkyl halides is 2. The number of ketones is 1. The maximum absolute atomic E-state index is 11.9. The molecule has 0 saturated heterocycles. The Morgan fingerprint density at radius 2 is 2.11 bits per heavy atom. The van der Waals surface area contributed by atoms with Gasteiger partial charge in [0, 0.05) is 23.2 Å². The SMILES string of the molecule is CCOC(=O)c1ccc(CBr)c(C(=O)CCCl)c1. The van der Waals surface area contributed by atoms with Gasteiger partial charge in [-0.25, -0.2) is 4.79 Å². The van der Waals surface area contributed by atoms with Crippen LogP contribution in [0.25, 0.3) is 0 Å². The normalized spacial score (nSPS) is 10.2. The highest BCUT2D eigenvalue weighted by molar-refractivity contribution is 9.08. The molecule has 0 aromatic heterocycles. The second kappa shape index (κ2) is 7.54. The molecule has 0 N–H and O–H groups in total. The highest BCUT2D eigenvalue weighted by Gasteiger charge is 2.14. The van der Waals surface area contributed by atoms with Crippen molar-refractivity contribution in [2.75, 3.05) is 12.5 Å². The number of hydrogen-bond donors (Lipinski definition) is 0. The molecular formula is C13H14BrClO3. The molecular weight excluding hydrogens is 319 g/mol. The minimum atomic E-state index is -0.418. The first-order valence-electron chi connectivity index (χ1n) is 5.59. The van der Waals surface area contributed by atoms with Crippen molar-refractivity contribution in [2.24, 2.45) is 0 Å². The lowest BCUT2D eigenvalue weighted by Gasteiger charge is -2.08. The highest BCUT2D eigenvalue weighted by Crippen LogP contribution is 2.18. The molecule has 0 radical (unpaired) electrons. The van der Waals surface area contributed by atoms with Crippen molar-refractivity contribution in [3.8, 4) is 0 Å². The van der Waals surface area contributed by atoms with Crippen molar-refractivity contribution in [1.82, 2.24) is 0 Å². The number of esters is 1. The Bertz CT molecular complexity index is 446. The van der Waals surface area contributed by atoms with E-state index >= 15 is 0 Å². The largest absolute Gasteiger partial charge is 0.462 e. The topological polar surface area (TPSA) is 43.4 Å². The van der Waals surface area contributed by atoms with Gasteiger partial charge < -0.3 is 4.74 Å². The molecule has 0 unspecified atom stereocenters. The van der Waals surface area contributed by atoms with E-state index < -0.39 is 5.97 Å². The number of carbonyl (C=O) groups is 2. The number of hydrogen-bond acceptors (Lipinski definition) is 3. The molecule has 0 bridgehead atoms. The molecule has 0 aliphatic rings. The van der Waals surface area contributed by atoms with E-state index in [1.165, 1.54) is 0 Å². The quantitative estimate of drug-likeness (QED) is 0.454. The summed E-state index contributed by atoms with van der Waals surface area (Å²) < 4.78 is 4.91. The van der Waals surface area contributed by atoms with Gasteiger partial charge in [0.05, 0.1) is 12.2 Å². The van der Waals surface area contributed by atoms with E-state index in [0.29, 0.717) is 23.1 Å². The van der Waals surface area contributed by atoms with E-state index in [-0.39, 0.29) is 18.1 Å². The Labute approximate surface area is 120 Å². The first kappa shape index (κ1) is 15.2. The molecule has 0 amide bonds. The van der Waals surface area contributed by atoms with Crippen molar-refractivity contribution in [2.45, 2.75) is 18.7 Å². The summed E-state index contributed by atoms with van der Waals surface area (Å²) in [5.74, 6) is -0.214. The van der Waals surface area contributed by atoms with E-state index in [1.54, 1.807) is 25.1 Å². The third kappa shape index (κ3) is 3.82. The summed E-state index contributed by atoms with van der Waals surface area (Å²) in [5, 5.41) is 0.555. The predicted octanol–water partition coefficient (Wildman–Crippen LogP) is 3.57. The summed E-state index contributed by atoms with van der Waals surface area (Å²) in [6.45, 7) is 2.05. The number of Topliss-reactive ketones (excluding diaryl/α,β-unsaturated/α-hetero) is 1. The van der Waals surface area contributed by atoms with E-state index in [2.05, 4.69) is 15.9 Å². The van der Waals surface area contributed by atoms with E-state index in [0.717, 1.165) is 5.56 Å². The van der Waals surface area contributed by atoms with Gasteiger partial charge >= 0.3 is 5.97 Å². The maximum Gasteiger partial charge on any atom is 0.338 e. The lowest BCUT2D eigenvalue weighted by molar-refractivity contribution is 0.0526. The fraction of sp³-hybridized carbons (Fsp3) is 0.385. The van der Waals surface area contributed by atoms with Crippen LogP contribution in [-0.4, -0.2) is 24.2 Å². The highest BCUT2D eigenvalue weighted by atomic mass is 79.9. The second-order valence-electron chi connectivity index (χ2n) is 3.59. The van der Waals surface area contributed by atoms with Crippen LogP contribution in [0, 0.1) is 0 Å². The van der Waals surface area contributed by atoms with Crippen LogP contribution in [-0.2, 0) is 10.1 Å². The predicted molar refractivity (Wildman–Crippen MR) is 74.7 cm³/mol. The molecule has 18 heavy (non-hydrogen) atoms. The molecule has 0 heterocycles. The molecule has 0 aliphatic heterocycles. The molecule has 0 spiro atoms. The zero-order valence-electron chi connectivity index (χ0n) is 10.0. The summed E-state index contributed by atoms with van der Waals surface area (Å²) >= 11 is 8.89. The van der Waals surface area contributed by atoms with Gasteiger partial charge in [0.25, 0.3) is 0 Å². The van der Waals surface area contributed by atoms with Crippen molar-refractivity contribution >= 4 is 39.3 Å². The summed E-state index contributed by atoms with van der Waals surface area (Å²) in [5.41, 5.74) is 1.76. The van der Waals surface area contributed by atoms with Crippen LogP contribution >= 0.6 is 27.5 Å². The smallest absolute Gasteiger partial charge is 0.338 e. The van der Waals surface area contributed by atoms with Gasteiger partial charge in [-0.05, 0) is 24.6 Å². The van der Waals surface area contributed by atoms with Gasteiger partial charge in [-0.1, -0.05) is 22.0 Å². The first-order chi connectivity index (χ1) is 8.63. The van der Waals surface area contributed by atoms with Crippen LogP contribution in [0.3, 0.4) is 0 Å². The Morgan fingerprint density at radius 1 is 1.39 bits per heavy atom. The first-order valence-corrected chi connectivity index (χ1v) is 7.24. The molecule has 0 atom stereocenters. The standard InChI is InChI=1S/C13H14BrClO3/c1-2-18-13(17)9-3-4-10(8-14)11(7-9)12(16)5-6-15/h3-4,7H,2,5-6,8H2,1H3. The van der Waals surface area contributed by atoms with Gasteiger partial charge in [-0.2, -0.15) is 0 Å². The van der Waals surface area contributed by atoms with Crippen LogP contribution in [0.2, 0.25) is 0 Å². The third-order valence-corrected chi connectivity index (χ3v) is 3.18. The van der Waals surface area contributed by atoms with Crippen molar-refractivity contribution in [3.63, 3.8) is 0 Å². The number of ether oxygens (including phenoxy) is 1. The van der Waals surface area contributed by atoms with Gasteiger partial charge in [-0.15, -0.1) is 11.6 Å². The lowest BCUT2D eigenvalue weighted by Crippen LogP contribution is -2.09. The number of halogens is 2. The van der Waals surface area contributed by atoms with Crippen molar-refractivity contribution in [3.05, 3.63) is 34.9 Å². The fourth-order valence-corrected chi connectivity index (χ4v) is 2.18. The Kier molecular flexibility index (Phi) is 6.36. The Hall–Kier alpha value is -0.870. The van der Waals surface area contributed by atoms with E-state index in [1.807, 2.05) is 0 Å². The summed E-state index contributed by atoms with van der Waals surface area (Å²) in [6.07, 6.45) is 0.258. The van der Waals surface area contributed by atoms with Crippen LogP contribution in [0.4, 0.5) is 0 Å². The second-order valence-corrected chi connectivity index (χ2v) is 4.53. The summed E-state index contributed by atoms with van der Waals surface area (Å²) in [6, 6.07) is 4.98. The van der Waals surface area contributed by atoms with Gasteiger partial charge in [0.1, 0.15) is 0 Å². The minimum Gasteiger partial charge on any atom is -0.462 e. The molecule has 5 heteroatoms. The zero-order valence-corrected chi connectivity index (χ0v) is 12.4. The Morgan fingerprint density at radius 3 is 2.67 bits per heavy atom. The molecule has 0 fully saturated rings. The molecule has 1 rings (SSSR count). The molecule has 3 nitrogen and oxygen atoms in total. The number of carbonyl (C=O) groups excluding carboxylic acids is 2. The van der Waals surface area contributed by atoms with Crippen molar-refractivity contribution in [1.29, 1.82) is 0 Å². The molecule has 0 aliphatic carbocycles. The average molecular weight is 334 g/mol. The molecule has 0 saturated carbocycles. The molecule has 1 aromatic rings. The third-order valence-electron chi connectivity index (χ3n) is 2.39. The Balaban J connectivity index is 3.09. The van der Waals surface area contributed by atoms with Gasteiger partial charge in [0.15, 0.2) is 5.78 Å². The van der Waals surface area contributed by atoms with E-state index in [9.17, 15) is 9.59 Å². The van der Waals surface area contributed by atoms with Crippen molar-refractivity contribution < 1.29 is 14.3 Å². The summed E-state index contributed by atoms with van der Waals surface area (Å²) in [4.78, 5) is 23.5. The minimum absolute atomic E-state index is 0.0643. The number of rotatable bonds is 6. The van der Waals surface area contributed by atoms with Crippen LogP contribution in [0.1, 0.15) is 39.6 Å². The summed E-state index contributed by atoms with van der Waals surface area (Å²) in [7, 11) is 0. The van der Waals surface area contributed by atoms with Crippen LogP contribution < -0.4 is 0 Å². The fourth-order valence-electron chi connectivity index (χ4n) is 1.51. The van der Waals surface area contributed by atoms with Gasteiger partial charge in [0.2, 0.25) is 0 Å². The molecule has 1 aromatic carbocycles. The van der Waals surface area contributed by atoms with Crippen LogP contribution in [0.5, 0.6) is 0 Å². The zero-order chi connectivity index (χ0) is 13.5. The average Bonchev–Trinajstić information content (AvgIpc) is 2.38.